The van der Waals surface area contributed by atoms with E-state index in [4.69, 9.17) is 10.5 Å². The maximum Gasteiger partial charge on any atom is 0.0499 e. The van der Waals surface area contributed by atoms with Crippen LogP contribution in [0.3, 0.4) is 0 Å². The Morgan fingerprint density at radius 2 is 2.15 bits per heavy atom. The first kappa shape index (κ1) is 11.0. The predicted octanol–water partition coefficient (Wildman–Crippen LogP) is 2.18. The molecule has 0 heterocycles. The van der Waals surface area contributed by atoms with E-state index < -0.39 is 0 Å². The van der Waals surface area contributed by atoms with E-state index in [1.807, 2.05) is 0 Å². The average Bonchev–Trinajstić information content (AvgIpc) is 2.07. The SMILES string of the molecule is CCOCC1CC(N)CCC1(C)C. The highest BCUT2D eigenvalue weighted by atomic mass is 16.5. The first-order chi connectivity index (χ1) is 6.06. The maximum absolute atomic E-state index is 5.96. The molecule has 2 N–H and O–H groups in total. The number of hydrogen-bond donors (Lipinski definition) is 1. The monoisotopic (exact) mass is 185 g/mol. The molecule has 0 aromatic carbocycles. The fourth-order valence-electron chi connectivity index (χ4n) is 2.12. The van der Waals surface area contributed by atoms with Gasteiger partial charge in [0.15, 0.2) is 0 Å². The van der Waals surface area contributed by atoms with E-state index in [0.717, 1.165) is 19.6 Å². The molecule has 0 aromatic heterocycles. The number of ether oxygens (including phenoxy) is 1. The van der Waals surface area contributed by atoms with Crippen molar-refractivity contribution in [3.63, 3.8) is 0 Å². The van der Waals surface area contributed by atoms with Crippen LogP contribution in [-0.2, 0) is 4.74 Å². The lowest BCUT2D eigenvalue weighted by atomic mass is 9.68. The van der Waals surface area contributed by atoms with Gasteiger partial charge in [-0.05, 0) is 37.5 Å². The summed E-state index contributed by atoms with van der Waals surface area (Å²) in [7, 11) is 0. The van der Waals surface area contributed by atoms with Crippen LogP contribution in [0.25, 0.3) is 0 Å². The van der Waals surface area contributed by atoms with Crippen molar-refractivity contribution in [1.82, 2.24) is 0 Å². The summed E-state index contributed by atoms with van der Waals surface area (Å²) in [5, 5.41) is 0. The normalized spacial score (nSPS) is 33.2. The Bertz CT molecular complexity index is 156. The van der Waals surface area contributed by atoms with E-state index >= 15 is 0 Å². The molecule has 1 aliphatic carbocycles. The average molecular weight is 185 g/mol. The number of nitrogens with two attached hydrogens (primary N) is 1. The maximum atomic E-state index is 5.96. The van der Waals surface area contributed by atoms with E-state index in [1.54, 1.807) is 0 Å². The molecule has 2 nitrogen and oxygen atoms in total. The van der Waals surface area contributed by atoms with E-state index in [9.17, 15) is 0 Å². The Labute approximate surface area is 81.8 Å². The van der Waals surface area contributed by atoms with Gasteiger partial charge in [0, 0.05) is 19.3 Å². The third kappa shape index (κ3) is 2.96. The Kier molecular flexibility index (Phi) is 3.74. The molecule has 1 saturated carbocycles. The second-order valence-corrected chi connectivity index (χ2v) is 4.88. The Morgan fingerprint density at radius 1 is 1.46 bits per heavy atom. The molecule has 2 unspecified atom stereocenters. The smallest absolute Gasteiger partial charge is 0.0499 e. The van der Waals surface area contributed by atoms with Gasteiger partial charge in [-0.15, -0.1) is 0 Å². The molecule has 0 saturated heterocycles. The molecule has 0 amide bonds. The van der Waals surface area contributed by atoms with Crippen LogP contribution in [0.2, 0.25) is 0 Å². The van der Waals surface area contributed by atoms with Gasteiger partial charge in [-0.2, -0.15) is 0 Å². The van der Waals surface area contributed by atoms with Gasteiger partial charge in [0.1, 0.15) is 0 Å². The zero-order chi connectivity index (χ0) is 9.90. The first-order valence-corrected chi connectivity index (χ1v) is 5.39. The van der Waals surface area contributed by atoms with Gasteiger partial charge in [0.2, 0.25) is 0 Å². The van der Waals surface area contributed by atoms with Crippen molar-refractivity contribution in [2.24, 2.45) is 17.1 Å². The lowest BCUT2D eigenvalue weighted by Gasteiger charge is -2.41. The van der Waals surface area contributed by atoms with Crippen molar-refractivity contribution in [2.75, 3.05) is 13.2 Å². The fraction of sp³-hybridized carbons (Fsp3) is 1.00. The Hall–Kier alpha value is -0.0800. The molecule has 1 fully saturated rings. The van der Waals surface area contributed by atoms with Gasteiger partial charge in [-0.3, -0.25) is 0 Å². The molecule has 2 atom stereocenters. The molecule has 0 bridgehead atoms. The molecule has 78 valence electrons. The van der Waals surface area contributed by atoms with Crippen molar-refractivity contribution in [1.29, 1.82) is 0 Å². The third-order valence-corrected chi connectivity index (χ3v) is 3.38. The minimum Gasteiger partial charge on any atom is -0.381 e. The second kappa shape index (κ2) is 4.43. The van der Waals surface area contributed by atoms with Gasteiger partial charge in [-0.1, -0.05) is 13.8 Å². The summed E-state index contributed by atoms with van der Waals surface area (Å²) < 4.78 is 5.50. The molecular formula is C11H23NO. The summed E-state index contributed by atoms with van der Waals surface area (Å²) >= 11 is 0. The lowest BCUT2D eigenvalue weighted by molar-refractivity contribution is 0.0238. The van der Waals surface area contributed by atoms with E-state index in [-0.39, 0.29) is 0 Å². The fourth-order valence-corrected chi connectivity index (χ4v) is 2.12. The summed E-state index contributed by atoms with van der Waals surface area (Å²) in [4.78, 5) is 0. The third-order valence-electron chi connectivity index (χ3n) is 3.38. The van der Waals surface area contributed by atoms with Crippen LogP contribution in [0.1, 0.15) is 40.0 Å². The molecule has 1 rings (SSSR count). The molecule has 0 spiro atoms. The minimum atomic E-state index is 0.401. The van der Waals surface area contributed by atoms with Gasteiger partial charge >= 0.3 is 0 Å². The molecular weight excluding hydrogens is 162 g/mol. The van der Waals surface area contributed by atoms with Crippen LogP contribution in [0.15, 0.2) is 0 Å². The van der Waals surface area contributed by atoms with Crippen molar-refractivity contribution >= 4 is 0 Å². The van der Waals surface area contributed by atoms with E-state index in [2.05, 4.69) is 20.8 Å². The Morgan fingerprint density at radius 3 is 2.77 bits per heavy atom. The minimum absolute atomic E-state index is 0.401. The zero-order valence-electron chi connectivity index (χ0n) is 9.18. The van der Waals surface area contributed by atoms with Crippen LogP contribution in [0.5, 0.6) is 0 Å². The highest BCUT2D eigenvalue weighted by Gasteiger charge is 2.34. The van der Waals surface area contributed by atoms with Crippen LogP contribution >= 0.6 is 0 Å². The standard InChI is InChI=1S/C11H23NO/c1-4-13-8-9-7-10(12)5-6-11(9,2)3/h9-10H,4-8,12H2,1-3H3. The number of rotatable bonds is 3. The quantitative estimate of drug-likeness (QED) is 0.731. The van der Waals surface area contributed by atoms with Crippen molar-refractivity contribution in [2.45, 2.75) is 46.1 Å². The highest BCUT2D eigenvalue weighted by Crippen LogP contribution is 2.40. The molecule has 13 heavy (non-hydrogen) atoms. The second-order valence-electron chi connectivity index (χ2n) is 4.88. The topological polar surface area (TPSA) is 35.2 Å². The molecule has 1 aliphatic rings. The zero-order valence-corrected chi connectivity index (χ0v) is 9.18. The van der Waals surface area contributed by atoms with Crippen molar-refractivity contribution in [3.05, 3.63) is 0 Å². The number of hydrogen-bond acceptors (Lipinski definition) is 2. The molecule has 2 heteroatoms. The summed E-state index contributed by atoms with van der Waals surface area (Å²) in [6.45, 7) is 8.43. The summed E-state index contributed by atoms with van der Waals surface area (Å²) in [6, 6.07) is 0.401. The van der Waals surface area contributed by atoms with E-state index in [1.165, 1.54) is 12.8 Å². The van der Waals surface area contributed by atoms with Crippen LogP contribution < -0.4 is 5.73 Å². The van der Waals surface area contributed by atoms with Crippen molar-refractivity contribution in [3.8, 4) is 0 Å². The van der Waals surface area contributed by atoms with Crippen molar-refractivity contribution < 1.29 is 4.74 Å². The van der Waals surface area contributed by atoms with Gasteiger partial charge in [0.05, 0.1) is 0 Å². The van der Waals surface area contributed by atoms with Gasteiger partial charge in [0.25, 0.3) is 0 Å². The summed E-state index contributed by atoms with van der Waals surface area (Å²) in [5.74, 6) is 0.649. The van der Waals surface area contributed by atoms with Crippen LogP contribution in [0.4, 0.5) is 0 Å². The molecule has 0 aliphatic heterocycles. The molecule has 0 aromatic rings. The van der Waals surface area contributed by atoms with Gasteiger partial charge in [-0.25, -0.2) is 0 Å². The van der Waals surface area contributed by atoms with E-state index in [0.29, 0.717) is 17.4 Å². The Balaban J connectivity index is 2.46. The van der Waals surface area contributed by atoms with Gasteiger partial charge < -0.3 is 10.5 Å². The highest BCUT2D eigenvalue weighted by molar-refractivity contribution is 4.87. The lowest BCUT2D eigenvalue weighted by Crippen LogP contribution is -2.40. The summed E-state index contributed by atoms with van der Waals surface area (Å²) in [6.07, 6.45) is 3.55. The van der Waals surface area contributed by atoms with Crippen LogP contribution in [0, 0.1) is 11.3 Å². The van der Waals surface area contributed by atoms with Crippen LogP contribution in [-0.4, -0.2) is 19.3 Å². The molecule has 0 radical (unpaired) electrons. The predicted molar refractivity (Wildman–Crippen MR) is 55.6 cm³/mol. The largest absolute Gasteiger partial charge is 0.381 e. The first-order valence-electron chi connectivity index (χ1n) is 5.39. The summed E-state index contributed by atoms with van der Waals surface area (Å²) in [5.41, 5.74) is 6.38.